The second kappa shape index (κ2) is 9.80. The van der Waals surface area contributed by atoms with Crippen LogP contribution in [0.2, 0.25) is 0 Å². The number of carbonyl (C=O) groups is 1. The van der Waals surface area contributed by atoms with Gasteiger partial charge in [-0.05, 0) is 36.4 Å². The highest BCUT2D eigenvalue weighted by molar-refractivity contribution is 7.84. The number of amides is 1. The largest absolute Gasteiger partial charge is 0.443 e. The first-order valence-corrected chi connectivity index (χ1v) is 11.1. The number of nitrogens with one attached hydrogen (secondary N) is 1. The van der Waals surface area contributed by atoms with Crippen molar-refractivity contribution < 1.29 is 22.2 Å². The molecule has 2 aromatic carbocycles. The fourth-order valence-corrected chi connectivity index (χ4v) is 3.48. The Bertz CT molecular complexity index is 982. The van der Waals surface area contributed by atoms with Crippen molar-refractivity contribution in [1.29, 1.82) is 0 Å². The third-order valence-corrected chi connectivity index (χ3v) is 5.46. The number of benzene rings is 2. The average Bonchev–Trinajstić information content (AvgIpc) is 3.21. The number of thiazole rings is 1. The zero-order valence-electron chi connectivity index (χ0n) is 15.9. The summed E-state index contributed by atoms with van der Waals surface area (Å²) in [6.07, 6.45) is -2.91. The molecule has 0 saturated carbocycles. The molecule has 1 amide bonds. The summed E-state index contributed by atoms with van der Waals surface area (Å²) in [5.41, 5.74) is 1.66. The number of hydrogen-bond donors (Lipinski definition) is 1. The highest BCUT2D eigenvalue weighted by Crippen LogP contribution is 2.34. The Labute approximate surface area is 173 Å². The van der Waals surface area contributed by atoms with Gasteiger partial charge in [-0.1, -0.05) is 26.0 Å². The van der Waals surface area contributed by atoms with Crippen LogP contribution in [-0.2, 0) is 17.0 Å². The quantitative estimate of drug-likeness (QED) is 0.554. The maximum absolute atomic E-state index is 12.6. The van der Waals surface area contributed by atoms with Crippen molar-refractivity contribution in [2.75, 3.05) is 11.6 Å². The van der Waals surface area contributed by atoms with Gasteiger partial charge in [0.15, 0.2) is 5.01 Å². The molecule has 0 aliphatic heterocycles. The minimum absolute atomic E-state index is 0.230. The van der Waals surface area contributed by atoms with Crippen LogP contribution >= 0.6 is 11.3 Å². The monoisotopic (exact) mass is 440 g/mol. The Morgan fingerprint density at radius 2 is 1.62 bits per heavy atom. The van der Waals surface area contributed by atoms with E-state index in [-0.39, 0.29) is 11.6 Å². The second-order valence-corrected chi connectivity index (χ2v) is 7.78. The third-order valence-electron chi connectivity index (χ3n) is 3.63. The van der Waals surface area contributed by atoms with Crippen molar-refractivity contribution >= 4 is 33.7 Å². The van der Waals surface area contributed by atoms with Crippen LogP contribution in [0, 0.1) is 0 Å². The van der Waals surface area contributed by atoms with Crippen LogP contribution in [0.25, 0.3) is 11.3 Å². The fraction of sp³-hybridized carbons (Fsp3) is 0.200. The van der Waals surface area contributed by atoms with Gasteiger partial charge in [0.1, 0.15) is 0 Å². The maximum atomic E-state index is 12.6. The molecule has 1 heterocycles. The zero-order chi connectivity index (χ0) is 21.6. The molecule has 1 atom stereocenters. The molecule has 1 unspecified atom stereocenters. The van der Waals surface area contributed by atoms with Gasteiger partial charge >= 0.3 is 6.18 Å². The van der Waals surface area contributed by atoms with E-state index < -0.39 is 22.0 Å². The lowest BCUT2D eigenvalue weighted by molar-refractivity contribution is -0.137. The van der Waals surface area contributed by atoms with Gasteiger partial charge in [0, 0.05) is 44.1 Å². The number of anilines is 1. The van der Waals surface area contributed by atoms with E-state index in [2.05, 4.69) is 10.3 Å². The van der Waals surface area contributed by atoms with Crippen molar-refractivity contribution in [3.05, 3.63) is 64.5 Å². The van der Waals surface area contributed by atoms with Gasteiger partial charge in [0.25, 0.3) is 5.91 Å². The van der Waals surface area contributed by atoms with E-state index in [1.807, 2.05) is 13.8 Å². The summed E-state index contributed by atoms with van der Waals surface area (Å²) in [5, 5.41) is 3.15. The Hall–Kier alpha value is -2.52. The molecule has 0 aliphatic rings. The Kier molecular flexibility index (Phi) is 7.69. The van der Waals surface area contributed by atoms with Crippen molar-refractivity contribution in [1.82, 2.24) is 4.98 Å². The van der Waals surface area contributed by atoms with Crippen LogP contribution in [0.15, 0.2) is 58.8 Å². The number of hydrogen-bond acceptors (Lipinski definition) is 4. The van der Waals surface area contributed by atoms with Gasteiger partial charge < -0.3 is 5.32 Å². The topological polar surface area (TPSA) is 59.1 Å². The lowest BCUT2D eigenvalue weighted by Gasteiger charge is -2.07. The van der Waals surface area contributed by atoms with Crippen molar-refractivity contribution in [3.63, 3.8) is 0 Å². The Balaban J connectivity index is 0.00000145. The minimum Gasteiger partial charge on any atom is -0.322 e. The van der Waals surface area contributed by atoms with Crippen LogP contribution in [0.1, 0.15) is 29.2 Å². The first-order valence-electron chi connectivity index (χ1n) is 8.62. The van der Waals surface area contributed by atoms with E-state index in [1.54, 1.807) is 54.8 Å². The van der Waals surface area contributed by atoms with Crippen molar-refractivity contribution in [2.45, 2.75) is 24.9 Å². The molecule has 4 nitrogen and oxygen atoms in total. The van der Waals surface area contributed by atoms with E-state index in [0.29, 0.717) is 33.0 Å². The summed E-state index contributed by atoms with van der Waals surface area (Å²) < 4.78 is 49.3. The number of aromatic nitrogens is 1. The molecule has 0 aliphatic carbocycles. The summed E-state index contributed by atoms with van der Waals surface area (Å²) >= 11 is 0.539. The van der Waals surface area contributed by atoms with Gasteiger partial charge in [-0.25, -0.2) is 4.98 Å². The molecule has 1 aromatic heterocycles. The molecule has 0 saturated heterocycles. The lowest BCUT2D eigenvalue weighted by Crippen LogP contribution is -2.11. The summed E-state index contributed by atoms with van der Waals surface area (Å²) in [6, 6.07) is 12.8. The summed E-state index contributed by atoms with van der Waals surface area (Å²) in [4.78, 5) is 16.5. The SMILES string of the molecule is CC.CS(=O)c1ccc(C(=O)Nc2ccc(-c3csc(C(F)(F)F)n3)cc2)cc1. The summed E-state index contributed by atoms with van der Waals surface area (Å²) in [6.45, 7) is 4.00. The van der Waals surface area contributed by atoms with E-state index in [9.17, 15) is 22.2 Å². The lowest BCUT2D eigenvalue weighted by atomic mass is 10.1. The second-order valence-electron chi connectivity index (χ2n) is 5.55. The summed E-state index contributed by atoms with van der Waals surface area (Å²) in [5.74, 6) is -0.343. The molecule has 3 aromatic rings. The number of rotatable bonds is 4. The molecule has 0 spiro atoms. The normalized spacial score (nSPS) is 11.9. The van der Waals surface area contributed by atoms with Gasteiger partial charge in [0.2, 0.25) is 0 Å². The first kappa shape index (κ1) is 22.8. The van der Waals surface area contributed by atoms with Crippen molar-refractivity contribution in [3.8, 4) is 11.3 Å². The predicted molar refractivity (Wildman–Crippen MR) is 111 cm³/mol. The molecular formula is C20H19F3N2O2S2. The molecule has 0 radical (unpaired) electrons. The molecule has 154 valence electrons. The summed E-state index contributed by atoms with van der Waals surface area (Å²) in [7, 11) is -1.12. The standard InChI is InChI=1S/C18H13F3N2O2S2.C2H6/c1-27(25)14-8-4-12(5-9-14)16(24)22-13-6-2-11(3-7-13)15-10-26-17(23-15)18(19,20)21;1-2/h2-10H,1H3,(H,22,24);1-2H3. The van der Waals surface area contributed by atoms with Gasteiger partial charge in [-0.15, -0.1) is 11.3 Å². The van der Waals surface area contributed by atoms with E-state index in [1.165, 1.54) is 5.38 Å². The maximum Gasteiger partial charge on any atom is 0.443 e. The zero-order valence-corrected chi connectivity index (χ0v) is 17.5. The van der Waals surface area contributed by atoms with Crippen LogP contribution < -0.4 is 5.32 Å². The first-order chi connectivity index (χ1) is 13.7. The molecule has 29 heavy (non-hydrogen) atoms. The molecule has 3 rings (SSSR count). The molecule has 0 fully saturated rings. The highest BCUT2D eigenvalue weighted by Gasteiger charge is 2.34. The van der Waals surface area contributed by atoms with Crippen LogP contribution in [-0.4, -0.2) is 21.4 Å². The van der Waals surface area contributed by atoms with E-state index in [4.69, 9.17) is 0 Å². The van der Waals surface area contributed by atoms with Crippen LogP contribution in [0.4, 0.5) is 18.9 Å². The number of halogens is 3. The smallest absolute Gasteiger partial charge is 0.322 e. The predicted octanol–water partition coefficient (Wildman–Crippen LogP) is 5.84. The van der Waals surface area contributed by atoms with Gasteiger partial charge in [-0.2, -0.15) is 13.2 Å². The van der Waals surface area contributed by atoms with Crippen LogP contribution in [0.5, 0.6) is 0 Å². The average molecular weight is 441 g/mol. The minimum atomic E-state index is -4.46. The third kappa shape index (κ3) is 5.98. The van der Waals surface area contributed by atoms with Gasteiger partial charge in [-0.3, -0.25) is 9.00 Å². The molecule has 9 heteroatoms. The Morgan fingerprint density at radius 3 is 2.10 bits per heavy atom. The van der Waals surface area contributed by atoms with Crippen LogP contribution in [0.3, 0.4) is 0 Å². The number of nitrogens with zero attached hydrogens (tertiary/aromatic N) is 1. The fourth-order valence-electron chi connectivity index (χ4n) is 2.26. The molecular weight excluding hydrogens is 421 g/mol. The van der Waals surface area contributed by atoms with E-state index >= 15 is 0 Å². The highest BCUT2D eigenvalue weighted by atomic mass is 32.2. The van der Waals surface area contributed by atoms with Gasteiger partial charge in [0.05, 0.1) is 5.69 Å². The Morgan fingerprint density at radius 1 is 1.03 bits per heavy atom. The number of carbonyl (C=O) groups excluding carboxylic acids is 1. The molecule has 0 bridgehead atoms. The van der Waals surface area contributed by atoms with E-state index in [0.717, 1.165) is 0 Å². The van der Waals surface area contributed by atoms with Crippen molar-refractivity contribution in [2.24, 2.45) is 0 Å². The number of alkyl halides is 3. The molecule has 1 N–H and O–H groups in total.